The molecule has 0 spiro atoms. The number of hydrogen-bond donors (Lipinski definition) is 1. The molecule has 0 aliphatic heterocycles. The average molecular weight is 181 g/mol. The molecule has 13 heavy (non-hydrogen) atoms. The minimum atomic E-state index is 0.535. The maximum absolute atomic E-state index is 5.98. The molecule has 1 atom stereocenters. The van der Waals surface area contributed by atoms with E-state index in [0.717, 1.165) is 12.5 Å². The molecular weight excluding hydrogens is 158 g/mol. The topological polar surface area (TPSA) is 26.0 Å². The van der Waals surface area contributed by atoms with Crippen LogP contribution in [0.2, 0.25) is 0 Å². The summed E-state index contributed by atoms with van der Waals surface area (Å²) in [5.74, 6) is 0.946. The summed E-state index contributed by atoms with van der Waals surface area (Å²) in [6, 6.07) is 0. The van der Waals surface area contributed by atoms with Crippen LogP contribution in [0.3, 0.4) is 0 Å². The van der Waals surface area contributed by atoms with Crippen molar-refractivity contribution in [1.82, 2.24) is 0 Å². The van der Waals surface area contributed by atoms with Crippen molar-refractivity contribution >= 4 is 0 Å². The van der Waals surface area contributed by atoms with Gasteiger partial charge >= 0.3 is 0 Å². The Morgan fingerprint density at radius 3 is 2.08 bits per heavy atom. The van der Waals surface area contributed by atoms with Gasteiger partial charge in [0.15, 0.2) is 0 Å². The van der Waals surface area contributed by atoms with E-state index in [1.807, 2.05) is 0 Å². The molecule has 0 heterocycles. The normalized spacial score (nSPS) is 39.0. The Bertz CT molecular complexity index is 191. The van der Waals surface area contributed by atoms with Gasteiger partial charge in [-0.05, 0) is 42.6 Å². The van der Waals surface area contributed by atoms with Crippen LogP contribution in [0.15, 0.2) is 0 Å². The Morgan fingerprint density at radius 1 is 1.15 bits per heavy atom. The maximum atomic E-state index is 5.98. The van der Waals surface area contributed by atoms with Crippen LogP contribution in [-0.2, 0) is 0 Å². The summed E-state index contributed by atoms with van der Waals surface area (Å²) in [4.78, 5) is 0. The number of hydrogen-bond acceptors (Lipinski definition) is 1. The van der Waals surface area contributed by atoms with Gasteiger partial charge < -0.3 is 5.73 Å². The quantitative estimate of drug-likeness (QED) is 0.696. The zero-order chi connectivity index (χ0) is 9.53. The summed E-state index contributed by atoms with van der Waals surface area (Å²) < 4.78 is 0. The monoisotopic (exact) mass is 181 g/mol. The first-order chi connectivity index (χ1) is 6.12. The lowest BCUT2D eigenvalue weighted by Gasteiger charge is -2.32. The lowest BCUT2D eigenvalue weighted by molar-refractivity contribution is 0.191. The van der Waals surface area contributed by atoms with Crippen molar-refractivity contribution in [3.05, 3.63) is 0 Å². The minimum Gasteiger partial charge on any atom is -0.330 e. The molecule has 2 N–H and O–H groups in total. The van der Waals surface area contributed by atoms with Crippen molar-refractivity contribution in [3.63, 3.8) is 0 Å². The van der Waals surface area contributed by atoms with Gasteiger partial charge in [0.05, 0.1) is 0 Å². The van der Waals surface area contributed by atoms with Crippen molar-refractivity contribution < 1.29 is 0 Å². The second-order valence-corrected chi connectivity index (χ2v) is 5.76. The fourth-order valence-electron chi connectivity index (χ4n) is 3.61. The SMILES string of the molecule is CC1(C)CC1(CN)C1CCCCC1. The lowest BCUT2D eigenvalue weighted by Crippen LogP contribution is -2.31. The fraction of sp³-hybridized carbons (Fsp3) is 1.00. The fourth-order valence-corrected chi connectivity index (χ4v) is 3.61. The van der Waals surface area contributed by atoms with E-state index in [0.29, 0.717) is 10.8 Å². The Kier molecular flexibility index (Phi) is 2.18. The molecule has 1 heteroatoms. The molecule has 2 fully saturated rings. The Morgan fingerprint density at radius 2 is 1.69 bits per heavy atom. The molecular formula is C12H23N. The van der Waals surface area contributed by atoms with Gasteiger partial charge in [-0.25, -0.2) is 0 Å². The van der Waals surface area contributed by atoms with Crippen LogP contribution in [0.4, 0.5) is 0 Å². The first kappa shape index (κ1) is 9.51. The van der Waals surface area contributed by atoms with Gasteiger partial charge in [-0.1, -0.05) is 33.1 Å². The Hall–Kier alpha value is -0.0400. The van der Waals surface area contributed by atoms with E-state index in [4.69, 9.17) is 5.73 Å². The van der Waals surface area contributed by atoms with E-state index in [9.17, 15) is 0 Å². The van der Waals surface area contributed by atoms with Crippen LogP contribution in [0, 0.1) is 16.7 Å². The molecule has 2 rings (SSSR count). The van der Waals surface area contributed by atoms with Gasteiger partial charge in [0.25, 0.3) is 0 Å². The van der Waals surface area contributed by atoms with Crippen molar-refractivity contribution in [1.29, 1.82) is 0 Å². The molecule has 0 bridgehead atoms. The molecule has 2 saturated carbocycles. The van der Waals surface area contributed by atoms with Gasteiger partial charge in [0.2, 0.25) is 0 Å². The summed E-state index contributed by atoms with van der Waals surface area (Å²) >= 11 is 0. The van der Waals surface area contributed by atoms with Gasteiger partial charge in [0.1, 0.15) is 0 Å². The van der Waals surface area contributed by atoms with Gasteiger partial charge in [-0.15, -0.1) is 0 Å². The highest BCUT2D eigenvalue weighted by molar-refractivity contribution is 5.13. The summed E-state index contributed by atoms with van der Waals surface area (Å²) in [5, 5.41) is 0. The predicted octanol–water partition coefficient (Wildman–Crippen LogP) is 2.94. The summed E-state index contributed by atoms with van der Waals surface area (Å²) in [6.07, 6.45) is 8.62. The number of rotatable bonds is 2. The second-order valence-electron chi connectivity index (χ2n) is 5.76. The van der Waals surface area contributed by atoms with E-state index in [1.54, 1.807) is 0 Å². The molecule has 0 amide bonds. The molecule has 76 valence electrons. The first-order valence-corrected chi connectivity index (χ1v) is 5.82. The van der Waals surface area contributed by atoms with Crippen LogP contribution < -0.4 is 5.73 Å². The van der Waals surface area contributed by atoms with Crippen LogP contribution in [-0.4, -0.2) is 6.54 Å². The highest BCUT2D eigenvalue weighted by Crippen LogP contribution is 2.68. The zero-order valence-corrected chi connectivity index (χ0v) is 9.10. The van der Waals surface area contributed by atoms with E-state index in [1.165, 1.54) is 38.5 Å². The van der Waals surface area contributed by atoms with Crippen molar-refractivity contribution in [2.45, 2.75) is 52.4 Å². The molecule has 1 nitrogen and oxygen atoms in total. The molecule has 2 aliphatic rings. The van der Waals surface area contributed by atoms with E-state index in [-0.39, 0.29) is 0 Å². The van der Waals surface area contributed by atoms with Crippen LogP contribution in [0.5, 0.6) is 0 Å². The molecule has 0 radical (unpaired) electrons. The summed E-state index contributed by atoms with van der Waals surface area (Å²) in [5.41, 5.74) is 7.06. The van der Waals surface area contributed by atoms with E-state index in [2.05, 4.69) is 13.8 Å². The van der Waals surface area contributed by atoms with Gasteiger partial charge in [-0.2, -0.15) is 0 Å². The third-order valence-electron chi connectivity index (χ3n) is 4.73. The third-order valence-corrected chi connectivity index (χ3v) is 4.73. The van der Waals surface area contributed by atoms with Crippen molar-refractivity contribution in [3.8, 4) is 0 Å². The van der Waals surface area contributed by atoms with E-state index < -0.39 is 0 Å². The molecule has 0 saturated heterocycles. The smallest absolute Gasteiger partial charge is 0.00125 e. The van der Waals surface area contributed by atoms with Crippen LogP contribution >= 0.6 is 0 Å². The lowest BCUT2D eigenvalue weighted by atomic mass is 9.74. The average Bonchev–Trinajstić information content (AvgIpc) is 2.72. The molecule has 0 aromatic heterocycles. The molecule has 0 aromatic carbocycles. The minimum absolute atomic E-state index is 0.535. The molecule has 1 unspecified atom stereocenters. The Labute approximate surface area is 82.1 Å². The highest BCUT2D eigenvalue weighted by atomic mass is 14.8. The first-order valence-electron chi connectivity index (χ1n) is 5.82. The Balaban J connectivity index is 2.05. The summed E-state index contributed by atoms with van der Waals surface area (Å²) in [7, 11) is 0. The van der Waals surface area contributed by atoms with E-state index >= 15 is 0 Å². The van der Waals surface area contributed by atoms with Gasteiger partial charge in [0, 0.05) is 0 Å². The largest absolute Gasteiger partial charge is 0.330 e. The maximum Gasteiger partial charge on any atom is -0.00125 e. The number of nitrogens with two attached hydrogens (primary N) is 1. The van der Waals surface area contributed by atoms with Crippen molar-refractivity contribution in [2.75, 3.05) is 6.54 Å². The predicted molar refractivity (Wildman–Crippen MR) is 56.5 cm³/mol. The molecule has 0 aromatic rings. The zero-order valence-electron chi connectivity index (χ0n) is 9.10. The third kappa shape index (κ3) is 1.32. The second kappa shape index (κ2) is 2.98. The van der Waals surface area contributed by atoms with Gasteiger partial charge in [-0.3, -0.25) is 0 Å². The van der Waals surface area contributed by atoms with Crippen LogP contribution in [0.1, 0.15) is 52.4 Å². The summed E-state index contributed by atoms with van der Waals surface area (Å²) in [6.45, 7) is 5.72. The molecule has 2 aliphatic carbocycles. The van der Waals surface area contributed by atoms with Crippen LogP contribution in [0.25, 0.3) is 0 Å². The standard InChI is InChI=1S/C12H23N/c1-11(2)8-12(11,9-13)10-6-4-3-5-7-10/h10H,3-9,13H2,1-2H3. The highest BCUT2D eigenvalue weighted by Gasteiger charge is 2.63. The van der Waals surface area contributed by atoms with Crippen molar-refractivity contribution in [2.24, 2.45) is 22.5 Å².